The second-order valence-corrected chi connectivity index (χ2v) is 12.7. The maximum atomic E-state index is 14.4. The van der Waals surface area contributed by atoms with E-state index in [0.717, 1.165) is 15.4 Å². The Morgan fingerprint density at radius 3 is 2.14 bits per heavy atom. The Morgan fingerprint density at radius 2 is 1.49 bits per heavy atom. The molecule has 0 bridgehead atoms. The predicted octanol–water partition coefficient (Wildman–Crippen LogP) is 6.27. The molecule has 0 spiro atoms. The smallest absolute Gasteiger partial charge is 0.264 e. The van der Waals surface area contributed by atoms with E-state index >= 15 is 0 Å². The van der Waals surface area contributed by atoms with Crippen LogP contribution >= 0.6 is 23.2 Å². The highest BCUT2D eigenvalue weighted by Gasteiger charge is 2.35. The first-order valence-corrected chi connectivity index (χ1v) is 16.0. The molecule has 0 aromatic heterocycles. The van der Waals surface area contributed by atoms with Crippen molar-refractivity contribution in [1.82, 2.24) is 10.2 Å². The first-order chi connectivity index (χ1) is 20.6. The van der Waals surface area contributed by atoms with Crippen molar-refractivity contribution in [3.05, 3.63) is 130 Å². The van der Waals surface area contributed by atoms with Crippen molar-refractivity contribution < 1.29 is 18.0 Å². The number of likely N-dealkylation sites (N-methyl/N-ethyl adjacent to an activating group) is 1. The zero-order chi connectivity index (χ0) is 31.0. The molecule has 0 aliphatic heterocycles. The summed E-state index contributed by atoms with van der Waals surface area (Å²) in [6.07, 6.45) is 0.218. The van der Waals surface area contributed by atoms with Gasteiger partial charge in [-0.25, -0.2) is 8.42 Å². The molecule has 0 saturated heterocycles. The van der Waals surface area contributed by atoms with Gasteiger partial charge in [-0.1, -0.05) is 95.5 Å². The number of carbonyl (C=O) groups is 2. The van der Waals surface area contributed by atoms with Crippen molar-refractivity contribution in [1.29, 1.82) is 0 Å². The summed E-state index contributed by atoms with van der Waals surface area (Å²) in [7, 11) is -4.24. The van der Waals surface area contributed by atoms with Crippen LogP contribution < -0.4 is 9.62 Å². The molecule has 0 aliphatic carbocycles. The molecule has 43 heavy (non-hydrogen) atoms. The SMILES string of the molecule is CCNC(=O)[C@H](Cc1ccccc1)N(Cc1cccc(Cl)c1)C(=O)CN(c1ccccc1Cl)S(=O)(=O)c1ccc(C)cc1. The first kappa shape index (κ1) is 32.1. The number of hydrogen-bond donors (Lipinski definition) is 1. The second-order valence-electron chi connectivity index (χ2n) is 10.0. The number of nitrogens with one attached hydrogen (secondary N) is 1. The van der Waals surface area contributed by atoms with Crippen LogP contribution in [0.2, 0.25) is 10.0 Å². The molecule has 0 saturated carbocycles. The van der Waals surface area contributed by atoms with Gasteiger partial charge in [0, 0.05) is 24.5 Å². The summed E-state index contributed by atoms with van der Waals surface area (Å²) in [6.45, 7) is 3.44. The summed E-state index contributed by atoms with van der Waals surface area (Å²) in [4.78, 5) is 29.3. The molecule has 4 aromatic carbocycles. The third-order valence-corrected chi connectivity index (χ3v) is 9.20. The number of rotatable bonds is 12. The summed E-state index contributed by atoms with van der Waals surface area (Å²) in [5.41, 5.74) is 2.57. The molecule has 1 N–H and O–H groups in total. The minimum Gasteiger partial charge on any atom is -0.355 e. The van der Waals surface area contributed by atoms with Crippen LogP contribution in [-0.2, 0) is 32.6 Å². The van der Waals surface area contributed by atoms with E-state index in [9.17, 15) is 18.0 Å². The Kier molecular flexibility index (Phi) is 10.9. The van der Waals surface area contributed by atoms with Crippen LogP contribution in [0.15, 0.2) is 108 Å². The largest absolute Gasteiger partial charge is 0.355 e. The van der Waals surface area contributed by atoms with Crippen molar-refractivity contribution in [3.8, 4) is 0 Å². The highest BCUT2D eigenvalue weighted by atomic mass is 35.5. The van der Waals surface area contributed by atoms with E-state index in [1.165, 1.54) is 17.0 Å². The summed E-state index contributed by atoms with van der Waals surface area (Å²) in [5, 5.41) is 3.48. The van der Waals surface area contributed by atoms with E-state index in [0.29, 0.717) is 17.1 Å². The lowest BCUT2D eigenvalue weighted by atomic mass is 10.0. The average Bonchev–Trinajstić information content (AvgIpc) is 2.99. The number of hydrogen-bond acceptors (Lipinski definition) is 4. The molecule has 0 fully saturated rings. The van der Waals surface area contributed by atoms with Crippen molar-refractivity contribution in [2.24, 2.45) is 0 Å². The van der Waals surface area contributed by atoms with Gasteiger partial charge in [0.25, 0.3) is 10.0 Å². The number of halogens is 2. The molecule has 10 heteroatoms. The maximum Gasteiger partial charge on any atom is 0.264 e. The average molecular weight is 639 g/mol. The second kappa shape index (κ2) is 14.6. The van der Waals surface area contributed by atoms with Gasteiger partial charge in [0.05, 0.1) is 15.6 Å². The van der Waals surface area contributed by atoms with Gasteiger partial charge >= 0.3 is 0 Å². The Hall–Kier alpha value is -3.85. The van der Waals surface area contributed by atoms with Crippen LogP contribution in [0.3, 0.4) is 0 Å². The topological polar surface area (TPSA) is 86.8 Å². The maximum absolute atomic E-state index is 14.4. The fourth-order valence-electron chi connectivity index (χ4n) is 4.68. The molecule has 2 amide bonds. The van der Waals surface area contributed by atoms with Crippen LogP contribution in [0, 0.1) is 6.92 Å². The number of aryl methyl sites for hydroxylation is 1. The zero-order valence-corrected chi connectivity index (χ0v) is 26.2. The molecule has 224 valence electrons. The molecule has 4 rings (SSSR count). The number of carbonyl (C=O) groups excluding carboxylic acids is 2. The fourth-order valence-corrected chi connectivity index (χ4v) is 6.62. The first-order valence-electron chi connectivity index (χ1n) is 13.8. The number of nitrogens with zero attached hydrogens (tertiary/aromatic N) is 2. The number of para-hydroxylation sites is 1. The van der Waals surface area contributed by atoms with Crippen LogP contribution in [0.1, 0.15) is 23.6 Å². The Morgan fingerprint density at radius 1 is 0.837 bits per heavy atom. The molecular weight excluding hydrogens is 605 g/mol. The number of amides is 2. The lowest BCUT2D eigenvalue weighted by Gasteiger charge is -2.34. The predicted molar refractivity (Wildman–Crippen MR) is 172 cm³/mol. The van der Waals surface area contributed by atoms with Crippen molar-refractivity contribution in [2.45, 2.75) is 37.8 Å². The van der Waals surface area contributed by atoms with E-state index in [4.69, 9.17) is 23.2 Å². The molecular formula is C33H33Cl2N3O4S. The molecule has 0 aliphatic rings. The Labute approximate surface area is 263 Å². The minimum absolute atomic E-state index is 0.0109. The molecule has 1 atom stereocenters. The molecule has 4 aromatic rings. The number of anilines is 1. The van der Waals surface area contributed by atoms with Gasteiger partial charge < -0.3 is 10.2 Å². The minimum atomic E-state index is -4.24. The number of benzene rings is 4. The summed E-state index contributed by atoms with van der Waals surface area (Å²) < 4.78 is 29.1. The number of sulfonamides is 1. The normalized spacial score (nSPS) is 11.9. The summed E-state index contributed by atoms with van der Waals surface area (Å²) in [5.74, 6) is -0.935. The van der Waals surface area contributed by atoms with Crippen LogP contribution in [0.5, 0.6) is 0 Å². The zero-order valence-electron chi connectivity index (χ0n) is 23.9. The molecule has 7 nitrogen and oxygen atoms in total. The summed E-state index contributed by atoms with van der Waals surface area (Å²) in [6, 6.07) is 28.2. The Bertz CT molecular complexity index is 1670. The van der Waals surface area contributed by atoms with Crippen molar-refractivity contribution in [2.75, 3.05) is 17.4 Å². The van der Waals surface area contributed by atoms with E-state index < -0.39 is 28.5 Å². The fraction of sp³-hybridized carbons (Fsp3) is 0.212. The quantitative estimate of drug-likeness (QED) is 0.198. The van der Waals surface area contributed by atoms with Crippen molar-refractivity contribution >= 4 is 50.7 Å². The monoisotopic (exact) mass is 637 g/mol. The molecule has 0 radical (unpaired) electrons. The Balaban J connectivity index is 1.80. The van der Waals surface area contributed by atoms with Crippen LogP contribution in [0.4, 0.5) is 5.69 Å². The molecule has 0 unspecified atom stereocenters. The van der Waals surface area contributed by atoms with Gasteiger partial charge in [0.15, 0.2) is 0 Å². The highest BCUT2D eigenvalue weighted by Crippen LogP contribution is 2.31. The molecule has 0 heterocycles. The van der Waals surface area contributed by atoms with Gasteiger partial charge in [0.1, 0.15) is 12.6 Å². The lowest BCUT2D eigenvalue weighted by Crippen LogP contribution is -2.53. The summed E-state index contributed by atoms with van der Waals surface area (Å²) >= 11 is 12.8. The van der Waals surface area contributed by atoms with Crippen LogP contribution in [-0.4, -0.2) is 44.3 Å². The third-order valence-electron chi connectivity index (χ3n) is 6.87. The van der Waals surface area contributed by atoms with E-state index in [-0.39, 0.29) is 34.5 Å². The van der Waals surface area contributed by atoms with E-state index in [1.807, 2.05) is 37.3 Å². The van der Waals surface area contributed by atoms with Gasteiger partial charge in [-0.2, -0.15) is 0 Å². The highest BCUT2D eigenvalue weighted by molar-refractivity contribution is 7.92. The third kappa shape index (κ3) is 8.16. The van der Waals surface area contributed by atoms with Gasteiger partial charge in [-0.05, 0) is 61.4 Å². The van der Waals surface area contributed by atoms with Gasteiger partial charge in [-0.15, -0.1) is 0 Å². The van der Waals surface area contributed by atoms with Gasteiger partial charge in [0.2, 0.25) is 11.8 Å². The van der Waals surface area contributed by atoms with Crippen molar-refractivity contribution in [3.63, 3.8) is 0 Å². The lowest BCUT2D eigenvalue weighted by molar-refractivity contribution is -0.140. The van der Waals surface area contributed by atoms with E-state index in [2.05, 4.69) is 5.32 Å². The standard InChI is InChI=1S/C33H33Cl2N3O4S/c1-3-36-33(40)31(21-25-10-5-4-6-11-25)37(22-26-12-9-13-27(34)20-26)32(39)23-38(30-15-8-7-14-29(30)35)43(41,42)28-18-16-24(2)17-19-28/h4-20,31H,3,21-23H2,1-2H3,(H,36,40)/t31-/m0/s1. The van der Waals surface area contributed by atoms with E-state index in [1.54, 1.807) is 67.6 Å². The van der Waals surface area contributed by atoms with Gasteiger partial charge in [-0.3, -0.25) is 13.9 Å². The van der Waals surface area contributed by atoms with Crippen LogP contribution in [0.25, 0.3) is 0 Å².